The first-order valence-corrected chi connectivity index (χ1v) is 7.25. The summed E-state index contributed by atoms with van der Waals surface area (Å²) in [5.74, 6) is 0. The number of hydrogen-bond donors (Lipinski definition) is 2. The molecule has 1 aromatic heterocycles. The van der Waals surface area contributed by atoms with Gasteiger partial charge in [0.15, 0.2) is 0 Å². The summed E-state index contributed by atoms with van der Waals surface area (Å²) in [6.07, 6.45) is 0. The highest BCUT2D eigenvalue weighted by Crippen LogP contribution is 2.25. The molecule has 0 bridgehead atoms. The van der Waals surface area contributed by atoms with Crippen molar-refractivity contribution in [3.63, 3.8) is 0 Å². The lowest BCUT2D eigenvalue weighted by molar-refractivity contribution is 0.421. The van der Waals surface area contributed by atoms with Crippen LogP contribution in [0.1, 0.15) is 52.1 Å². The topological polar surface area (TPSA) is 49.8 Å². The van der Waals surface area contributed by atoms with Gasteiger partial charge in [-0.3, -0.25) is 0 Å². The predicted octanol–water partition coefficient (Wildman–Crippen LogP) is 2.31. The van der Waals surface area contributed by atoms with E-state index in [1.54, 1.807) is 0 Å². The monoisotopic (exact) mass is 270 g/mol. The molecule has 0 fully saturated rings. The number of nitrogens with one attached hydrogen (secondary N) is 2. The molecule has 0 atom stereocenters. The van der Waals surface area contributed by atoms with Gasteiger partial charge in [0.25, 0.3) is 0 Å². The van der Waals surface area contributed by atoms with Gasteiger partial charge < -0.3 is 10.6 Å². The zero-order chi connectivity index (χ0) is 13.8. The highest BCUT2D eigenvalue weighted by Gasteiger charge is 2.21. The second-order valence-corrected chi connectivity index (χ2v) is 7.49. The van der Waals surface area contributed by atoms with Gasteiger partial charge in [0.05, 0.1) is 10.6 Å². The summed E-state index contributed by atoms with van der Waals surface area (Å²) in [5.41, 5.74) is 1.38. The molecule has 0 radical (unpaired) electrons. The lowest BCUT2D eigenvalue weighted by Crippen LogP contribution is -2.40. The molecule has 4 nitrogen and oxygen atoms in total. The fourth-order valence-electron chi connectivity index (χ4n) is 1.62. The largest absolute Gasteiger partial charge is 0.311 e. The van der Waals surface area contributed by atoms with E-state index in [0.717, 1.165) is 25.3 Å². The van der Waals surface area contributed by atoms with E-state index in [-0.39, 0.29) is 11.0 Å². The Morgan fingerprint density at radius 2 is 1.72 bits per heavy atom. The number of rotatable bonds is 5. The molecule has 2 N–H and O–H groups in total. The van der Waals surface area contributed by atoms with Crippen LogP contribution in [0.5, 0.6) is 0 Å². The Morgan fingerprint density at radius 1 is 1.06 bits per heavy atom. The molecule has 0 aromatic carbocycles. The SMILES string of the molecule is CC(C)(C)NCCNCc1snnc1C(C)(C)C. The van der Waals surface area contributed by atoms with Crippen LogP contribution in [0.3, 0.4) is 0 Å². The van der Waals surface area contributed by atoms with Gasteiger partial charge >= 0.3 is 0 Å². The van der Waals surface area contributed by atoms with E-state index in [4.69, 9.17) is 0 Å². The van der Waals surface area contributed by atoms with Gasteiger partial charge in [-0.25, -0.2) is 0 Å². The highest BCUT2D eigenvalue weighted by molar-refractivity contribution is 7.05. The molecule has 1 aromatic rings. The maximum Gasteiger partial charge on any atom is 0.0854 e. The molecule has 1 heterocycles. The number of nitrogens with zero attached hydrogens (tertiary/aromatic N) is 2. The average molecular weight is 270 g/mol. The Morgan fingerprint density at radius 3 is 2.28 bits per heavy atom. The van der Waals surface area contributed by atoms with E-state index in [9.17, 15) is 0 Å². The second-order valence-electron chi connectivity index (χ2n) is 6.65. The maximum absolute atomic E-state index is 4.24. The van der Waals surface area contributed by atoms with Crippen LogP contribution in [0.15, 0.2) is 0 Å². The van der Waals surface area contributed by atoms with Gasteiger partial charge in [-0.1, -0.05) is 25.3 Å². The average Bonchev–Trinajstić information content (AvgIpc) is 2.62. The first-order valence-electron chi connectivity index (χ1n) is 6.47. The van der Waals surface area contributed by atoms with Crippen molar-refractivity contribution >= 4 is 11.5 Å². The van der Waals surface area contributed by atoms with E-state index < -0.39 is 0 Å². The minimum atomic E-state index is 0.0771. The third-order valence-electron chi connectivity index (χ3n) is 2.51. The van der Waals surface area contributed by atoms with Gasteiger partial charge in [-0.05, 0) is 32.3 Å². The molecule has 0 saturated carbocycles. The first kappa shape index (κ1) is 15.5. The molecule has 5 heteroatoms. The van der Waals surface area contributed by atoms with Crippen LogP contribution in [-0.4, -0.2) is 28.2 Å². The predicted molar refractivity (Wildman–Crippen MR) is 78.1 cm³/mol. The van der Waals surface area contributed by atoms with Crippen LogP contribution in [-0.2, 0) is 12.0 Å². The van der Waals surface area contributed by atoms with Crippen molar-refractivity contribution in [2.24, 2.45) is 0 Å². The molecule has 18 heavy (non-hydrogen) atoms. The van der Waals surface area contributed by atoms with Gasteiger partial charge in [0, 0.05) is 30.6 Å². The van der Waals surface area contributed by atoms with Crippen molar-refractivity contribution in [2.75, 3.05) is 13.1 Å². The van der Waals surface area contributed by atoms with Gasteiger partial charge in [-0.2, -0.15) is 0 Å². The fraction of sp³-hybridized carbons (Fsp3) is 0.846. The third kappa shape index (κ3) is 5.42. The third-order valence-corrected chi connectivity index (χ3v) is 3.23. The van der Waals surface area contributed by atoms with Crippen molar-refractivity contribution in [1.82, 2.24) is 20.2 Å². The first-order chi connectivity index (χ1) is 8.20. The van der Waals surface area contributed by atoms with Gasteiger partial charge in [0.1, 0.15) is 0 Å². The maximum atomic E-state index is 4.24. The van der Waals surface area contributed by atoms with Crippen LogP contribution in [0.25, 0.3) is 0 Å². The van der Waals surface area contributed by atoms with Crippen molar-refractivity contribution in [2.45, 2.75) is 59.0 Å². The second kappa shape index (κ2) is 6.08. The van der Waals surface area contributed by atoms with Crippen molar-refractivity contribution in [3.8, 4) is 0 Å². The molecule has 0 saturated heterocycles. The standard InChI is InChI=1S/C13H26N4S/c1-12(2,3)11-10(18-17-16-11)9-14-7-8-15-13(4,5)6/h14-15H,7-9H2,1-6H3. The molecule has 0 unspecified atom stereocenters. The van der Waals surface area contributed by atoms with Crippen LogP contribution in [0.2, 0.25) is 0 Å². The Bertz CT molecular complexity index is 360. The molecule has 0 aliphatic rings. The summed E-state index contributed by atoms with van der Waals surface area (Å²) in [6.45, 7) is 15.8. The summed E-state index contributed by atoms with van der Waals surface area (Å²) in [5, 5.41) is 11.1. The molecule has 0 aliphatic heterocycles. The molecular weight excluding hydrogens is 244 g/mol. The Labute approximate surface area is 115 Å². The van der Waals surface area contributed by atoms with Crippen molar-refractivity contribution < 1.29 is 0 Å². The van der Waals surface area contributed by atoms with Crippen molar-refractivity contribution in [1.29, 1.82) is 0 Å². The van der Waals surface area contributed by atoms with E-state index in [1.807, 2.05) is 0 Å². The summed E-state index contributed by atoms with van der Waals surface area (Å²) in [7, 11) is 0. The quantitative estimate of drug-likeness (QED) is 0.806. The van der Waals surface area contributed by atoms with E-state index in [0.29, 0.717) is 0 Å². The minimum Gasteiger partial charge on any atom is -0.311 e. The molecule has 104 valence electrons. The Balaban J connectivity index is 2.35. The normalized spacial score (nSPS) is 13.0. The molecular formula is C13H26N4S. The molecule has 1 rings (SSSR count). The van der Waals surface area contributed by atoms with Crippen LogP contribution >= 0.6 is 11.5 Å². The van der Waals surface area contributed by atoms with Gasteiger partial charge in [-0.15, -0.1) is 5.10 Å². The molecule has 0 aliphatic carbocycles. The molecule has 0 spiro atoms. The highest BCUT2D eigenvalue weighted by atomic mass is 32.1. The summed E-state index contributed by atoms with van der Waals surface area (Å²) < 4.78 is 4.06. The minimum absolute atomic E-state index is 0.0771. The fourth-order valence-corrected chi connectivity index (χ4v) is 2.44. The summed E-state index contributed by atoms with van der Waals surface area (Å²) in [6, 6.07) is 0. The van der Waals surface area contributed by atoms with E-state index in [1.165, 1.54) is 16.4 Å². The van der Waals surface area contributed by atoms with Crippen LogP contribution < -0.4 is 10.6 Å². The van der Waals surface area contributed by atoms with Gasteiger partial charge in [0.2, 0.25) is 0 Å². The number of aromatic nitrogens is 2. The lowest BCUT2D eigenvalue weighted by Gasteiger charge is -2.20. The van der Waals surface area contributed by atoms with Crippen molar-refractivity contribution in [3.05, 3.63) is 10.6 Å². The van der Waals surface area contributed by atoms with E-state index in [2.05, 4.69) is 61.8 Å². The Kier molecular flexibility index (Phi) is 5.25. The summed E-state index contributed by atoms with van der Waals surface area (Å²) >= 11 is 1.50. The zero-order valence-electron chi connectivity index (χ0n) is 12.4. The summed E-state index contributed by atoms with van der Waals surface area (Å²) in [4.78, 5) is 1.25. The zero-order valence-corrected chi connectivity index (χ0v) is 13.2. The van der Waals surface area contributed by atoms with Crippen LogP contribution in [0, 0.1) is 0 Å². The van der Waals surface area contributed by atoms with Crippen LogP contribution in [0.4, 0.5) is 0 Å². The molecule has 0 amide bonds. The Hall–Kier alpha value is -0.520. The number of hydrogen-bond acceptors (Lipinski definition) is 5. The lowest BCUT2D eigenvalue weighted by atomic mass is 9.91. The van der Waals surface area contributed by atoms with E-state index >= 15 is 0 Å². The smallest absolute Gasteiger partial charge is 0.0854 e.